The zero-order valence-corrected chi connectivity index (χ0v) is 13.0. The van der Waals surface area contributed by atoms with Gasteiger partial charge in [-0.3, -0.25) is 10.0 Å². The SMILES string of the molecule is O=C(CCCCCCOc1ccc(-c2cc#ccc2)cc1)NO. The summed E-state index contributed by atoms with van der Waals surface area (Å²) in [6, 6.07) is 19.6. The van der Waals surface area contributed by atoms with Crippen molar-refractivity contribution in [2.45, 2.75) is 32.1 Å². The minimum Gasteiger partial charge on any atom is -0.494 e. The van der Waals surface area contributed by atoms with Crippen molar-refractivity contribution in [2.24, 2.45) is 0 Å². The molecule has 0 saturated carbocycles. The lowest BCUT2D eigenvalue weighted by Crippen LogP contribution is -2.17. The molecule has 0 atom stereocenters. The first kappa shape index (κ1) is 16.9. The first-order valence-corrected chi connectivity index (χ1v) is 7.83. The summed E-state index contributed by atoms with van der Waals surface area (Å²) in [5.41, 5.74) is 3.88. The Labute approximate surface area is 137 Å². The van der Waals surface area contributed by atoms with Crippen LogP contribution in [0.3, 0.4) is 0 Å². The van der Waals surface area contributed by atoms with E-state index in [1.165, 1.54) is 0 Å². The Hall–Kier alpha value is -2.51. The molecule has 0 aliphatic carbocycles. The fourth-order valence-electron chi connectivity index (χ4n) is 2.26. The lowest BCUT2D eigenvalue weighted by molar-refractivity contribution is -0.129. The van der Waals surface area contributed by atoms with E-state index in [0.717, 1.165) is 42.6 Å². The molecule has 4 heteroatoms. The molecule has 0 aromatic heterocycles. The van der Waals surface area contributed by atoms with E-state index in [4.69, 9.17) is 9.94 Å². The lowest BCUT2D eigenvalue weighted by atomic mass is 10.1. The van der Waals surface area contributed by atoms with Gasteiger partial charge in [0, 0.05) is 6.42 Å². The van der Waals surface area contributed by atoms with Crippen molar-refractivity contribution in [3.8, 4) is 16.9 Å². The van der Waals surface area contributed by atoms with Gasteiger partial charge in [0.05, 0.1) is 6.61 Å². The summed E-state index contributed by atoms with van der Waals surface area (Å²) in [5, 5.41) is 8.37. The van der Waals surface area contributed by atoms with E-state index in [9.17, 15) is 4.79 Å². The summed E-state index contributed by atoms with van der Waals surface area (Å²) in [7, 11) is 0. The maximum absolute atomic E-state index is 10.8. The second-order valence-corrected chi connectivity index (χ2v) is 5.29. The largest absolute Gasteiger partial charge is 0.494 e. The Balaban J connectivity index is 1.64. The fourth-order valence-corrected chi connectivity index (χ4v) is 2.26. The Kier molecular flexibility index (Phi) is 6.96. The highest BCUT2D eigenvalue weighted by Crippen LogP contribution is 2.21. The molecule has 0 aliphatic heterocycles. The van der Waals surface area contributed by atoms with Gasteiger partial charge in [-0.2, -0.15) is 0 Å². The average Bonchev–Trinajstić information content (AvgIpc) is 2.62. The monoisotopic (exact) mass is 311 g/mol. The molecule has 0 spiro atoms. The molecule has 2 N–H and O–H groups in total. The van der Waals surface area contributed by atoms with E-state index in [0.29, 0.717) is 13.0 Å². The Morgan fingerprint density at radius 2 is 1.78 bits per heavy atom. The van der Waals surface area contributed by atoms with Crippen LogP contribution in [0.25, 0.3) is 11.1 Å². The smallest absolute Gasteiger partial charge is 0.243 e. The van der Waals surface area contributed by atoms with Crippen molar-refractivity contribution < 1.29 is 14.7 Å². The second kappa shape index (κ2) is 9.50. The average molecular weight is 311 g/mol. The first-order chi connectivity index (χ1) is 11.3. The zero-order chi connectivity index (χ0) is 16.3. The number of hydroxylamine groups is 1. The standard InChI is InChI=1S/C19H21NO3/c21-19(20-22)10-6-1-2-7-15-23-18-13-11-17(12-14-18)16-8-4-3-5-9-16/h4,8-9,11-14,22H,1-2,6-7,10,15H2,(H,20,21). The highest BCUT2D eigenvalue weighted by atomic mass is 16.5. The number of amides is 1. The number of carbonyl (C=O) groups is 1. The van der Waals surface area contributed by atoms with Gasteiger partial charge in [-0.25, -0.2) is 5.48 Å². The highest BCUT2D eigenvalue weighted by Gasteiger charge is 2.00. The molecule has 1 amide bonds. The maximum Gasteiger partial charge on any atom is 0.243 e. The normalized spacial score (nSPS) is 9.96. The van der Waals surface area contributed by atoms with Crippen LogP contribution in [0.15, 0.2) is 42.5 Å². The molecule has 0 unspecified atom stereocenters. The van der Waals surface area contributed by atoms with E-state index in [1.807, 2.05) is 42.5 Å². The van der Waals surface area contributed by atoms with Gasteiger partial charge >= 0.3 is 0 Å². The van der Waals surface area contributed by atoms with Gasteiger partial charge in [0.15, 0.2) is 0 Å². The molecule has 2 rings (SSSR count). The molecular formula is C19H21NO3. The number of nitrogens with one attached hydrogen (secondary N) is 1. The molecular weight excluding hydrogens is 290 g/mol. The lowest BCUT2D eigenvalue weighted by Gasteiger charge is -2.07. The molecule has 2 aromatic rings. The molecule has 120 valence electrons. The molecule has 0 aliphatic rings. The number of carbonyl (C=O) groups excluding carboxylic acids is 1. The molecule has 4 nitrogen and oxygen atoms in total. The first-order valence-electron chi connectivity index (χ1n) is 7.83. The van der Waals surface area contributed by atoms with Gasteiger partial charge in [0.1, 0.15) is 5.75 Å². The maximum atomic E-state index is 10.8. The van der Waals surface area contributed by atoms with Crippen LogP contribution < -0.4 is 10.2 Å². The third-order valence-corrected chi connectivity index (χ3v) is 3.54. The van der Waals surface area contributed by atoms with Crippen molar-refractivity contribution in [1.29, 1.82) is 0 Å². The third-order valence-electron chi connectivity index (χ3n) is 3.54. The summed E-state index contributed by atoms with van der Waals surface area (Å²) in [6.45, 7) is 0.666. The molecule has 0 heterocycles. The van der Waals surface area contributed by atoms with Crippen LogP contribution in [-0.4, -0.2) is 17.7 Å². The molecule has 0 fully saturated rings. The predicted molar refractivity (Wildman–Crippen MR) is 88.1 cm³/mol. The number of unbranched alkanes of at least 4 members (excludes halogenated alkanes) is 3. The number of ether oxygens (including phenoxy) is 1. The Morgan fingerprint density at radius 3 is 2.48 bits per heavy atom. The molecule has 2 aromatic carbocycles. The number of hydrogen-bond donors (Lipinski definition) is 2. The van der Waals surface area contributed by atoms with Gasteiger partial charge in [0.25, 0.3) is 0 Å². The minimum atomic E-state index is -0.324. The van der Waals surface area contributed by atoms with Gasteiger partial charge in [-0.1, -0.05) is 37.1 Å². The second-order valence-electron chi connectivity index (χ2n) is 5.29. The zero-order valence-electron chi connectivity index (χ0n) is 13.0. The van der Waals surface area contributed by atoms with E-state index >= 15 is 0 Å². The van der Waals surface area contributed by atoms with Crippen molar-refractivity contribution in [3.05, 3.63) is 54.6 Å². The fraction of sp³-hybridized carbons (Fsp3) is 0.316. The van der Waals surface area contributed by atoms with E-state index < -0.39 is 0 Å². The molecule has 0 radical (unpaired) electrons. The summed E-state index contributed by atoms with van der Waals surface area (Å²) in [5.74, 6) is 0.537. The highest BCUT2D eigenvalue weighted by molar-refractivity contribution is 5.74. The van der Waals surface area contributed by atoms with Crippen molar-refractivity contribution in [1.82, 2.24) is 5.48 Å². The van der Waals surface area contributed by atoms with E-state index in [1.54, 1.807) is 5.48 Å². The van der Waals surface area contributed by atoms with Crippen molar-refractivity contribution in [2.75, 3.05) is 6.61 Å². The van der Waals surface area contributed by atoms with Gasteiger partial charge in [-0.15, -0.1) is 0 Å². The summed E-state index contributed by atoms with van der Waals surface area (Å²) in [4.78, 5) is 10.8. The molecule has 0 bridgehead atoms. The van der Waals surface area contributed by atoms with Crippen LogP contribution in [0.2, 0.25) is 0 Å². The number of hydrogen-bond acceptors (Lipinski definition) is 3. The molecule has 23 heavy (non-hydrogen) atoms. The topological polar surface area (TPSA) is 58.6 Å². The van der Waals surface area contributed by atoms with E-state index in [2.05, 4.69) is 12.1 Å². The minimum absolute atomic E-state index is 0.324. The number of benzene rings is 1. The van der Waals surface area contributed by atoms with E-state index in [-0.39, 0.29) is 5.91 Å². The summed E-state index contributed by atoms with van der Waals surface area (Å²) >= 11 is 0. The summed E-state index contributed by atoms with van der Waals surface area (Å²) < 4.78 is 5.71. The number of rotatable bonds is 9. The summed E-state index contributed by atoms with van der Waals surface area (Å²) in [6.07, 6.45) is 4.07. The van der Waals surface area contributed by atoms with Gasteiger partial charge in [0.2, 0.25) is 5.91 Å². The predicted octanol–water partition coefficient (Wildman–Crippen LogP) is 3.79. The molecule has 0 saturated heterocycles. The van der Waals surface area contributed by atoms with Crippen LogP contribution in [-0.2, 0) is 4.79 Å². The van der Waals surface area contributed by atoms with Crippen molar-refractivity contribution >= 4 is 5.91 Å². The van der Waals surface area contributed by atoms with Gasteiger partial charge < -0.3 is 4.74 Å². The van der Waals surface area contributed by atoms with Crippen molar-refractivity contribution in [3.63, 3.8) is 0 Å². The van der Waals surface area contributed by atoms with Gasteiger partial charge in [-0.05, 0) is 54.3 Å². The third kappa shape index (κ3) is 6.01. The van der Waals surface area contributed by atoms with Crippen LogP contribution >= 0.6 is 0 Å². The quantitative estimate of drug-likeness (QED) is 0.421. The van der Waals surface area contributed by atoms with Crippen LogP contribution in [0.4, 0.5) is 0 Å². The van der Waals surface area contributed by atoms with Crippen LogP contribution in [0.5, 0.6) is 5.75 Å². The Bertz CT molecular complexity index is 581. The van der Waals surface area contributed by atoms with Crippen LogP contribution in [0.1, 0.15) is 32.1 Å². The Morgan fingerprint density at radius 1 is 1.00 bits per heavy atom. The van der Waals surface area contributed by atoms with Crippen LogP contribution in [0, 0.1) is 12.1 Å².